The monoisotopic (exact) mass is 248 g/mol. The van der Waals surface area contributed by atoms with Crippen LogP contribution in [0.4, 0.5) is 0 Å². The molecule has 0 heterocycles. The number of ether oxygens (including phenoxy) is 3. The van der Waals surface area contributed by atoms with Crippen molar-refractivity contribution in [1.82, 2.24) is 0 Å². The number of esters is 1. The standard InChI is InChI=1S/C14H16O4/c1-3-17-14(15)13(10-7-11-16-2)18-12-8-5-4-6-9-12/h4-6,8-9,13H,3,11H2,1-2H3. The van der Waals surface area contributed by atoms with E-state index < -0.39 is 12.1 Å². The van der Waals surface area contributed by atoms with Crippen molar-refractivity contribution in [3.05, 3.63) is 30.3 Å². The Morgan fingerprint density at radius 1 is 1.33 bits per heavy atom. The summed E-state index contributed by atoms with van der Waals surface area (Å²) in [6, 6.07) is 9.01. The first-order valence-corrected chi connectivity index (χ1v) is 5.63. The second-order valence-electron chi connectivity index (χ2n) is 3.32. The second kappa shape index (κ2) is 8.15. The van der Waals surface area contributed by atoms with E-state index in [1.165, 1.54) is 7.11 Å². The van der Waals surface area contributed by atoms with E-state index in [2.05, 4.69) is 11.8 Å². The molecule has 18 heavy (non-hydrogen) atoms. The molecular weight excluding hydrogens is 232 g/mol. The lowest BCUT2D eigenvalue weighted by Gasteiger charge is -2.12. The van der Waals surface area contributed by atoms with Gasteiger partial charge in [-0.25, -0.2) is 4.79 Å². The summed E-state index contributed by atoms with van der Waals surface area (Å²) in [5.41, 5.74) is 0. The number of carbonyl (C=O) groups is 1. The Kier molecular flexibility index (Phi) is 6.37. The van der Waals surface area contributed by atoms with Gasteiger partial charge in [-0.05, 0) is 25.0 Å². The summed E-state index contributed by atoms with van der Waals surface area (Å²) < 4.78 is 15.2. The fourth-order valence-corrected chi connectivity index (χ4v) is 1.20. The van der Waals surface area contributed by atoms with Gasteiger partial charge in [-0.15, -0.1) is 0 Å². The maximum atomic E-state index is 11.7. The van der Waals surface area contributed by atoms with Crippen LogP contribution in [-0.4, -0.2) is 32.4 Å². The first-order chi connectivity index (χ1) is 8.77. The third-order valence-electron chi connectivity index (χ3n) is 1.95. The fraction of sp³-hybridized carbons (Fsp3) is 0.357. The van der Waals surface area contributed by atoms with Gasteiger partial charge in [0.2, 0.25) is 0 Å². The molecule has 0 bridgehead atoms. The maximum absolute atomic E-state index is 11.7. The number of hydrogen-bond donors (Lipinski definition) is 0. The van der Waals surface area contributed by atoms with Crippen LogP contribution in [0.15, 0.2) is 30.3 Å². The van der Waals surface area contributed by atoms with Gasteiger partial charge in [-0.1, -0.05) is 24.1 Å². The highest BCUT2D eigenvalue weighted by molar-refractivity contribution is 5.78. The topological polar surface area (TPSA) is 44.8 Å². The van der Waals surface area contributed by atoms with Crippen LogP contribution < -0.4 is 4.74 Å². The summed E-state index contributed by atoms with van der Waals surface area (Å²) in [5.74, 6) is 5.45. The number of methoxy groups -OCH3 is 1. The van der Waals surface area contributed by atoms with Gasteiger partial charge in [-0.2, -0.15) is 0 Å². The molecule has 0 amide bonds. The molecule has 0 aliphatic rings. The van der Waals surface area contributed by atoms with Crippen molar-refractivity contribution in [2.24, 2.45) is 0 Å². The fourth-order valence-electron chi connectivity index (χ4n) is 1.20. The van der Waals surface area contributed by atoms with E-state index in [0.29, 0.717) is 12.4 Å². The van der Waals surface area contributed by atoms with Gasteiger partial charge in [0.1, 0.15) is 12.4 Å². The maximum Gasteiger partial charge on any atom is 0.360 e. The molecule has 0 radical (unpaired) electrons. The first kappa shape index (κ1) is 14.1. The van der Waals surface area contributed by atoms with Gasteiger partial charge in [-0.3, -0.25) is 0 Å². The Labute approximate surface area is 107 Å². The molecule has 1 aromatic rings. The van der Waals surface area contributed by atoms with E-state index in [0.717, 1.165) is 0 Å². The zero-order chi connectivity index (χ0) is 13.2. The molecule has 1 unspecified atom stereocenters. The highest BCUT2D eigenvalue weighted by Gasteiger charge is 2.18. The SMILES string of the molecule is CCOC(=O)C(C#CCOC)Oc1ccccc1. The van der Waals surface area contributed by atoms with Crippen molar-refractivity contribution >= 4 is 5.97 Å². The number of hydrogen-bond acceptors (Lipinski definition) is 4. The van der Waals surface area contributed by atoms with Gasteiger partial charge in [0.05, 0.1) is 6.61 Å². The molecule has 0 aliphatic carbocycles. The minimum absolute atomic E-state index is 0.244. The van der Waals surface area contributed by atoms with Crippen LogP contribution in [0.3, 0.4) is 0 Å². The average molecular weight is 248 g/mol. The molecule has 0 saturated carbocycles. The molecule has 4 heteroatoms. The lowest BCUT2D eigenvalue weighted by Crippen LogP contribution is -2.28. The van der Waals surface area contributed by atoms with Crippen molar-refractivity contribution in [2.75, 3.05) is 20.3 Å². The summed E-state index contributed by atoms with van der Waals surface area (Å²) in [5, 5.41) is 0. The van der Waals surface area contributed by atoms with Gasteiger partial charge in [0.25, 0.3) is 6.10 Å². The minimum atomic E-state index is -0.928. The number of benzene rings is 1. The summed E-state index contributed by atoms with van der Waals surface area (Å²) in [6.07, 6.45) is -0.928. The minimum Gasteiger partial charge on any atom is -0.466 e. The Morgan fingerprint density at radius 2 is 2.06 bits per heavy atom. The number of para-hydroxylation sites is 1. The van der Waals surface area contributed by atoms with Crippen molar-refractivity contribution < 1.29 is 19.0 Å². The Balaban J connectivity index is 2.72. The van der Waals surface area contributed by atoms with E-state index in [-0.39, 0.29) is 6.61 Å². The van der Waals surface area contributed by atoms with E-state index in [4.69, 9.17) is 14.2 Å². The third-order valence-corrected chi connectivity index (χ3v) is 1.95. The van der Waals surface area contributed by atoms with Crippen LogP contribution in [-0.2, 0) is 14.3 Å². The van der Waals surface area contributed by atoms with E-state index >= 15 is 0 Å². The molecule has 1 rings (SSSR count). The zero-order valence-corrected chi connectivity index (χ0v) is 10.5. The quantitative estimate of drug-likeness (QED) is 0.587. The molecule has 0 saturated heterocycles. The van der Waals surface area contributed by atoms with Crippen LogP contribution in [0.2, 0.25) is 0 Å². The highest BCUT2D eigenvalue weighted by atomic mass is 16.6. The molecule has 0 aromatic heterocycles. The van der Waals surface area contributed by atoms with Gasteiger partial charge < -0.3 is 14.2 Å². The van der Waals surface area contributed by atoms with Gasteiger partial charge >= 0.3 is 5.97 Å². The molecule has 1 aromatic carbocycles. The van der Waals surface area contributed by atoms with Crippen molar-refractivity contribution in [2.45, 2.75) is 13.0 Å². The van der Waals surface area contributed by atoms with Crippen molar-refractivity contribution in [1.29, 1.82) is 0 Å². The number of carbonyl (C=O) groups excluding carboxylic acids is 1. The van der Waals surface area contributed by atoms with Crippen LogP contribution in [0.25, 0.3) is 0 Å². The molecule has 96 valence electrons. The summed E-state index contributed by atoms with van der Waals surface area (Å²) >= 11 is 0. The van der Waals surface area contributed by atoms with Crippen molar-refractivity contribution in [3.8, 4) is 17.6 Å². The largest absolute Gasteiger partial charge is 0.466 e. The Bertz CT molecular complexity index is 416. The smallest absolute Gasteiger partial charge is 0.360 e. The molecule has 0 fully saturated rings. The molecule has 1 atom stereocenters. The van der Waals surface area contributed by atoms with Crippen LogP contribution >= 0.6 is 0 Å². The average Bonchev–Trinajstić information content (AvgIpc) is 2.39. The molecule has 0 aliphatic heterocycles. The van der Waals surface area contributed by atoms with Crippen LogP contribution in [0.1, 0.15) is 6.92 Å². The Hall–Kier alpha value is -1.99. The predicted molar refractivity (Wildman–Crippen MR) is 67.1 cm³/mol. The normalized spacial score (nSPS) is 11.0. The van der Waals surface area contributed by atoms with Crippen LogP contribution in [0, 0.1) is 11.8 Å². The molecule has 0 N–H and O–H groups in total. The number of rotatable bonds is 5. The van der Waals surface area contributed by atoms with Gasteiger partial charge in [0, 0.05) is 7.11 Å². The summed E-state index contributed by atoms with van der Waals surface area (Å²) in [6.45, 7) is 2.27. The predicted octanol–water partition coefficient (Wildman–Crippen LogP) is 1.65. The molecular formula is C14H16O4. The summed E-state index contributed by atoms with van der Waals surface area (Å²) in [7, 11) is 1.53. The molecule has 0 spiro atoms. The molecule has 4 nitrogen and oxygen atoms in total. The first-order valence-electron chi connectivity index (χ1n) is 5.63. The Morgan fingerprint density at radius 3 is 2.67 bits per heavy atom. The zero-order valence-electron chi connectivity index (χ0n) is 10.5. The van der Waals surface area contributed by atoms with Crippen molar-refractivity contribution in [3.63, 3.8) is 0 Å². The highest BCUT2D eigenvalue weighted by Crippen LogP contribution is 2.11. The second-order valence-corrected chi connectivity index (χ2v) is 3.32. The lowest BCUT2D eigenvalue weighted by molar-refractivity contribution is -0.148. The van der Waals surface area contributed by atoms with E-state index in [1.807, 2.05) is 18.2 Å². The lowest BCUT2D eigenvalue weighted by atomic mass is 10.3. The van der Waals surface area contributed by atoms with Crippen LogP contribution in [0.5, 0.6) is 5.75 Å². The third kappa shape index (κ3) is 4.89. The van der Waals surface area contributed by atoms with E-state index in [9.17, 15) is 4.79 Å². The van der Waals surface area contributed by atoms with E-state index in [1.54, 1.807) is 19.1 Å². The summed E-state index contributed by atoms with van der Waals surface area (Å²) in [4.78, 5) is 11.7. The van der Waals surface area contributed by atoms with Gasteiger partial charge in [0.15, 0.2) is 0 Å².